The summed E-state index contributed by atoms with van der Waals surface area (Å²) in [6.45, 7) is 3.47. The van der Waals surface area contributed by atoms with Gasteiger partial charge in [-0.1, -0.05) is 30.3 Å². The normalized spacial score (nSPS) is 17.4. The highest BCUT2D eigenvalue weighted by Crippen LogP contribution is 2.32. The number of hydrogen-bond acceptors (Lipinski definition) is 3. The molecule has 4 nitrogen and oxygen atoms in total. The van der Waals surface area contributed by atoms with Crippen molar-refractivity contribution >= 4 is 17.4 Å². The molecule has 1 aliphatic heterocycles. The number of carbonyl (C=O) groups excluding carboxylic acids is 1. The second-order valence-corrected chi connectivity index (χ2v) is 6.31. The average Bonchev–Trinajstić information content (AvgIpc) is 2.84. The number of aromatic nitrogens is 1. The fraction of sp³-hybridized carbons (Fsp3) is 0.375. The van der Waals surface area contributed by atoms with Crippen molar-refractivity contribution in [3.05, 3.63) is 52.0 Å². The number of benzene rings is 1. The quantitative estimate of drug-likeness (QED) is 0.943. The number of urea groups is 1. The molecule has 3 rings (SSSR count). The molecule has 1 saturated heterocycles. The number of aryl methyl sites for hydroxylation is 1. The van der Waals surface area contributed by atoms with Gasteiger partial charge in [-0.05, 0) is 18.9 Å². The van der Waals surface area contributed by atoms with Gasteiger partial charge in [-0.2, -0.15) is 0 Å². The molecule has 21 heavy (non-hydrogen) atoms. The van der Waals surface area contributed by atoms with Crippen molar-refractivity contribution < 1.29 is 4.79 Å². The zero-order valence-corrected chi connectivity index (χ0v) is 12.9. The van der Waals surface area contributed by atoms with Gasteiger partial charge in [-0.3, -0.25) is 0 Å². The molecular weight excluding hydrogens is 282 g/mol. The summed E-state index contributed by atoms with van der Waals surface area (Å²) in [5.74, 6) is 0. The lowest BCUT2D eigenvalue weighted by Crippen LogP contribution is -2.50. The largest absolute Gasteiger partial charge is 0.338 e. The van der Waals surface area contributed by atoms with E-state index in [4.69, 9.17) is 0 Å². The zero-order valence-electron chi connectivity index (χ0n) is 12.1. The molecule has 0 radical (unpaired) electrons. The van der Waals surface area contributed by atoms with E-state index >= 15 is 0 Å². The first kappa shape index (κ1) is 14.1. The predicted molar refractivity (Wildman–Crippen MR) is 84.5 cm³/mol. The van der Waals surface area contributed by atoms with Crippen molar-refractivity contribution in [3.63, 3.8) is 0 Å². The Balaban J connectivity index is 1.49. The minimum absolute atomic E-state index is 0.0297. The van der Waals surface area contributed by atoms with Gasteiger partial charge in [0.2, 0.25) is 0 Å². The fourth-order valence-corrected chi connectivity index (χ4v) is 3.22. The number of thiazole rings is 1. The molecule has 1 atom stereocenters. The van der Waals surface area contributed by atoms with Crippen molar-refractivity contribution in [1.82, 2.24) is 15.2 Å². The Hall–Kier alpha value is -1.88. The first-order chi connectivity index (χ1) is 10.2. The van der Waals surface area contributed by atoms with E-state index in [0.717, 1.165) is 30.1 Å². The van der Waals surface area contributed by atoms with Crippen LogP contribution in [-0.4, -0.2) is 29.0 Å². The molecule has 110 valence electrons. The molecule has 0 spiro atoms. The lowest BCUT2D eigenvalue weighted by Gasteiger charge is -2.41. The average molecular weight is 301 g/mol. The van der Waals surface area contributed by atoms with Crippen molar-refractivity contribution in [3.8, 4) is 0 Å². The first-order valence-electron chi connectivity index (χ1n) is 7.24. The van der Waals surface area contributed by atoms with Gasteiger partial charge in [-0.25, -0.2) is 9.78 Å². The number of carbonyl (C=O) groups is 1. The van der Waals surface area contributed by atoms with Crippen LogP contribution in [0.1, 0.15) is 28.7 Å². The van der Waals surface area contributed by atoms with Gasteiger partial charge in [0.25, 0.3) is 0 Å². The third kappa shape index (κ3) is 3.24. The highest BCUT2D eigenvalue weighted by molar-refractivity contribution is 7.09. The molecule has 1 aliphatic rings. The Kier molecular flexibility index (Phi) is 4.20. The van der Waals surface area contributed by atoms with Crippen LogP contribution in [-0.2, 0) is 6.42 Å². The second-order valence-electron chi connectivity index (χ2n) is 5.25. The van der Waals surface area contributed by atoms with Gasteiger partial charge in [0.1, 0.15) is 0 Å². The topological polar surface area (TPSA) is 45.2 Å². The SMILES string of the molecule is Cc1nc(CCNC(=O)N2CCC2c2ccccc2)cs1. The van der Waals surface area contributed by atoms with E-state index in [1.165, 1.54) is 5.56 Å². The molecule has 1 aromatic carbocycles. The van der Waals surface area contributed by atoms with Gasteiger partial charge >= 0.3 is 6.03 Å². The van der Waals surface area contributed by atoms with Gasteiger partial charge in [0.05, 0.1) is 16.7 Å². The van der Waals surface area contributed by atoms with Crippen LogP contribution >= 0.6 is 11.3 Å². The van der Waals surface area contributed by atoms with Crippen LogP contribution < -0.4 is 5.32 Å². The van der Waals surface area contributed by atoms with Crippen molar-refractivity contribution in [2.24, 2.45) is 0 Å². The Labute approximate surface area is 128 Å². The Morgan fingerprint density at radius 3 is 2.86 bits per heavy atom. The van der Waals surface area contributed by atoms with Crippen molar-refractivity contribution in [1.29, 1.82) is 0 Å². The third-order valence-corrected chi connectivity index (χ3v) is 4.61. The van der Waals surface area contributed by atoms with Crippen molar-refractivity contribution in [2.45, 2.75) is 25.8 Å². The molecule has 1 unspecified atom stereocenters. The maximum absolute atomic E-state index is 12.2. The maximum Gasteiger partial charge on any atom is 0.317 e. The van der Waals surface area contributed by atoms with Crippen LogP contribution in [0.3, 0.4) is 0 Å². The molecule has 0 saturated carbocycles. The summed E-state index contributed by atoms with van der Waals surface area (Å²) in [5.41, 5.74) is 2.27. The van der Waals surface area contributed by atoms with Crippen LogP contribution in [0.4, 0.5) is 4.79 Å². The van der Waals surface area contributed by atoms with Crippen LogP contribution in [0, 0.1) is 6.92 Å². The van der Waals surface area contributed by atoms with Crippen LogP contribution in [0.5, 0.6) is 0 Å². The smallest absolute Gasteiger partial charge is 0.317 e. The first-order valence-corrected chi connectivity index (χ1v) is 8.12. The molecule has 0 aliphatic carbocycles. The van der Waals surface area contributed by atoms with Crippen LogP contribution in [0.25, 0.3) is 0 Å². The molecule has 2 heterocycles. The Morgan fingerprint density at radius 2 is 2.24 bits per heavy atom. The van der Waals surface area contributed by atoms with E-state index in [9.17, 15) is 4.79 Å². The summed E-state index contributed by atoms with van der Waals surface area (Å²) in [7, 11) is 0. The highest BCUT2D eigenvalue weighted by atomic mass is 32.1. The second kappa shape index (κ2) is 6.26. The Morgan fingerprint density at radius 1 is 1.43 bits per heavy atom. The lowest BCUT2D eigenvalue weighted by molar-refractivity contribution is 0.115. The van der Waals surface area contributed by atoms with E-state index < -0.39 is 0 Å². The highest BCUT2D eigenvalue weighted by Gasteiger charge is 2.32. The number of hydrogen-bond donors (Lipinski definition) is 1. The number of amides is 2. The molecule has 1 N–H and O–H groups in total. The van der Waals surface area contributed by atoms with Gasteiger partial charge in [0, 0.05) is 24.9 Å². The fourth-order valence-electron chi connectivity index (χ4n) is 2.57. The number of rotatable bonds is 4. The molecule has 0 bridgehead atoms. The van der Waals surface area contributed by atoms with Crippen LogP contribution in [0.15, 0.2) is 35.7 Å². The van der Waals surface area contributed by atoms with Gasteiger partial charge in [0.15, 0.2) is 0 Å². The summed E-state index contributed by atoms with van der Waals surface area (Å²) in [6.07, 6.45) is 1.84. The summed E-state index contributed by atoms with van der Waals surface area (Å²) in [4.78, 5) is 18.5. The van der Waals surface area contributed by atoms with Gasteiger partial charge < -0.3 is 10.2 Å². The molecule has 2 amide bonds. The van der Waals surface area contributed by atoms with Crippen molar-refractivity contribution in [2.75, 3.05) is 13.1 Å². The minimum atomic E-state index is 0.0297. The van der Waals surface area contributed by atoms with E-state index in [2.05, 4.69) is 27.8 Å². The number of likely N-dealkylation sites (tertiary alicyclic amines) is 1. The molecule has 5 heteroatoms. The summed E-state index contributed by atoms with van der Waals surface area (Å²) in [6, 6.07) is 10.5. The molecule has 1 aromatic heterocycles. The van der Waals surface area contributed by atoms with Crippen LogP contribution in [0.2, 0.25) is 0 Å². The number of nitrogens with zero attached hydrogens (tertiary/aromatic N) is 2. The summed E-state index contributed by atoms with van der Waals surface area (Å²) >= 11 is 1.65. The maximum atomic E-state index is 12.2. The zero-order chi connectivity index (χ0) is 14.7. The minimum Gasteiger partial charge on any atom is -0.338 e. The van der Waals surface area contributed by atoms with E-state index in [0.29, 0.717) is 6.54 Å². The van der Waals surface area contributed by atoms with E-state index in [1.54, 1.807) is 11.3 Å². The van der Waals surface area contributed by atoms with Gasteiger partial charge in [-0.15, -0.1) is 11.3 Å². The van der Waals surface area contributed by atoms with E-state index in [-0.39, 0.29) is 12.1 Å². The third-order valence-electron chi connectivity index (χ3n) is 3.79. The Bertz CT molecular complexity index is 611. The predicted octanol–water partition coefficient (Wildman–Crippen LogP) is 3.15. The number of nitrogens with one attached hydrogen (secondary N) is 1. The monoisotopic (exact) mass is 301 g/mol. The molecular formula is C16H19N3OS. The summed E-state index contributed by atoms with van der Waals surface area (Å²) in [5, 5.41) is 6.12. The van der Waals surface area contributed by atoms with E-state index in [1.807, 2.05) is 30.0 Å². The standard InChI is InChI=1S/C16H19N3OS/c1-12-18-14(11-21-12)7-9-17-16(20)19-10-8-15(19)13-5-3-2-4-6-13/h2-6,11,15H,7-10H2,1H3,(H,17,20). The molecule has 2 aromatic rings. The summed E-state index contributed by atoms with van der Waals surface area (Å²) < 4.78 is 0. The molecule has 1 fully saturated rings. The lowest BCUT2D eigenvalue weighted by atomic mass is 9.95.